The number of ether oxygens (including phenoxy) is 1. The molecule has 1 amide bonds. The number of amides is 1. The van der Waals surface area contributed by atoms with E-state index in [2.05, 4.69) is 26.9 Å². The Morgan fingerprint density at radius 1 is 1.17 bits per heavy atom. The molecule has 9 nitrogen and oxygen atoms in total. The van der Waals surface area contributed by atoms with Crippen molar-refractivity contribution in [2.45, 2.75) is 18.9 Å². The molecular formula is C26H30N6O3. The van der Waals surface area contributed by atoms with E-state index in [4.69, 9.17) is 10.5 Å². The summed E-state index contributed by atoms with van der Waals surface area (Å²) in [7, 11) is 3.75. The number of fused-ring (bicyclic) bond motifs is 2. The molecule has 0 aliphatic carbocycles. The highest BCUT2D eigenvalue weighted by Crippen LogP contribution is 2.32. The Bertz CT molecular complexity index is 1430. The highest BCUT2D eigenvalue weighted by atomic mass is 16.5. The number of likely N-dealkylation sites (tertiary alicyclic amines) is 1. The second-order valence-electron chi connectivity index (χ2n) is 9.13. The highest BCUT2D eigenvalue weighted by Gasteiger charge is 2.28. The average molecular weight is 475 g/mol. The van der Waals surface area contributed by atoms with Crippen molar-refractivity contribution in [2.75, 3.05) is 46.1 Å². The van der Waals surface area contributed by atoms with Crippen molar-refractivity contribution in [3.63, 3.8) is 0 Å². The smallest absolute Gasteiger partial charge is 0.276 e. The summed E-state index contributed by atoms with van der Waals surface area (Å²) < 4.78 is 5.28. The van der Waals surface area contributed by atoms with Crippen LogP contribution in [0.2, 0.25) is 0 Å². The minimum absolute atomic E-state index is 0.0395. The molecular weight excluding hydrogens is 444 g/mol. The zero-order chi connectivity index (χ0) is 24.5. The Kier molecular flexibility index (Phi) is 6.27. The van der Waals surface area contributed by atoms with E-state index in [0.717, 1.165) is 31.4 Å². The van der Waals surface area contributed by atoms with Gasteiger partial charge in [-0.3, -0.25) is 9.59 Å². The fraction of sp³-hybridized carbons (Fsp3) is 0.346. The van der Waals surface area contributed by atoms with Crippen molar-refractivity contribution in [3.05, 3.63) is 58.4 Å². The minimum Gasteiger partial charge on any atom is -0.396 e. The van der Waals surface area contributed by atoms with E-state index in [1.54, 1.807) is 25.3 Å². The molecule has 1 aliphatic heterocycles. The van der Waals surface area contributed by atoms with Gasteiger partial charge in [-0.25, -0.2) is 4.98 Å². The maximum atomic E-state index is 13.6. The lowest BCUT2D eigenvalue weighted by Crippen LogP contribution is -2.47. The molecule has 3 heterocycles. The van der Waals surface area contributed by atoms with Crippen LogP contribution in [-0.4, -0.2) is 77.1 Å². The lowest BCUT2D eigenvalue weighted by Gasteiger charge is -2.37. The molecule has 2 aromatic carbocycles. The fourth-order valence-corrected chi connectivity index (χ4v) is 4.84. The summed E-state index contributed by atoms with van der Waals surface area (Å²) in [5.74, 6) is -0.0395. The number of rotatable bonds is 6. The molecule has 35 heavy (non-hydrogen) atoms. The number of piperidine rings is 1. The largest absolute Gasteiger partial charge is 0.396 e. The summed E-state index contributed by atoms with van der Waals surface area (Å²) in [4.78, 5) is 41.2. The van der Waals surface area contributed by atoms with Crippen molar-refractivity contribution in [3.8, 4) is 11.4 Å². The molecule has 0 bridgehead atoms. The summed E-state index contributed by atoms with van der Waals surface area (Å²) in [5, 5.41) is 0.690. The second kappa shape index (κ2) is 9.52. The first-order valence-electron chi connectivity index (χ1n) is 11.9. The number of carbonyl (C=O) groups excluding carboxylic acids is 1. The van der Waals surface area contributed by atoms with Crippen molar-refractivity contribution < 1.29 is 9.53 Å². The summed E-state index contributed by atoms with van der Waals surface area (Å²) >= 11 is 0. The van der Waals surface area contributed by atoms with Crippen LogP contribution in [0.5, 0.6) is 0 Å². The number of hydrogen-bond donors (Lipinski definition) is 3. The minimum atomic E-state index is -0.328. The standard InChI is InChI=1S/C26H30N6O3/c1-31-11-9-17(10-12-31)32(13-14-35-2)26(34)16-7-8-19-18(15-16)22(27)23(28-19)24-25(33)30-21-6-4-3-5-20(21)29-24/h3-8,15,17,28H,9-14,27H2,1-2H3,(H,30,33). The summed E-state index contributed by atoms with van der Waals surface area (Å²) in [5.41, 5.74) is 9.86. The zero-order valence-corrected chi connectivity index (χ0v) is 20.0. The zero-order valence-electron chi connectivity index (χ0n) is 20.0. The number of anilines is 1. The first-order chi connectivity index (χ1) is 17.0. The number of aromatic nitrogens is 3. The number of methoxy groups -OCH3 is 1. The van der Waals surface area contributed by atoms with Crippen molar-refractivity contribution in [1.82, 2.24) is 24.8 Å². The number of benzene rings is 2. The van der Waals surface area contributed by atoms with E-state index in [0.29, 0.717) is 46.5 Å². The van der Waals surface area contributed by atoms with Gasteiger partial charge in [0, 0.05) is 36.2 Å². The monoisotopic (exact) mass is 474 g/mol. The van der Waals surface area contributed by atoms with Crippen molar-refractivity contribution >= 4 is 33.5 Å². The summed E-state index contributed by atoms with van der Waals surface area (Å²) in [6.45, 7) is 2.93. The first-order valence-corrected chi connectivity index (χ1v) is 11.9. The molecule has 182 valence electrons. The molecule has 2 aromatic heterocycles. The molecule has 0 spiro atoms. The third-order valence-corrected chi connectivity index (χ3v) is 6.85. The third-order valence-electron chi connectivity index (χ3n) is 6.85. The predicted molar refractivity (Wildman–Crippen MR) is 138 cm³/mol. The summed E-state index contributed by atoms with van der Waals surface area (Å²) in [6, 6.07) is 13.0. The van der Waals surface area contributed by atoms with Gasteiger partial charge < -0.3 is 30.2 Å². The Morgan fingerprint density at radius 2 is 1.94 bits per heavy atom. The predicted octanol–water partition coefficient (Wildman–Crippen LogP) is 2.84. The number of carbonyl (C=O) groups is 1. The number of para-hydroxylation sites is 2. The molecule has 9 heteroatoms. The second-order valence-corrected chi connectivity index (χ2v) is 9.13. The van der Waals surface area contributed by atoms with E-state index in [9.17, 15) is 9.59 Å². The molecule has 4 N–H and O–H groups in total. The third kappa shape index (κ3) is 4.40. The Balaban J connectivity index is 1.51. The number of nitrogen functional groups attached to an aromatic ring is 1. The van der Waals surface area contributed by atoms with Gasteiger partial charge in [0.15, 0.2) is 5.69 Å². The molecule has 1 fully saturated rings. The number of hydrogen-bond acceptors (Lipinski definition) is 6. The lowest BCUT2D eigenvalue weighted by atomic mass is 10.0. The average Bonchev–Trinajstić information content (AvgIpc) is 3.20. The lowest BCUT2D eigenvalue weighted by molar-refractivity contribution is 0.0505. The molecule has 1 aliphatic rings. The number of H-pyrrole nitrogens is 2. The van der Waals surface area contributed by atoms with E-state index in [1.165, 1.54) is 0 Å². The van der Waals surface area contributed by atoms with Gasteiger partial charge >= 0.3 is 0 Å². The molecule has 0 saturated carbocycles. The molecule has 0 radical (unpaired) electrons. The highest BCUT2D eigenvalue weighted by molar-refractivity contribution is 6.04. The van der Waals surface area contributed by atoms with Crippen LogP contribution in [-0.2, 0) is 4.74 Å². The van der Waals surface area contributed by atoms with E-state index < -0.39 is 0 Å². The quantitative estimate of drug-likeness (QED) is 0.395. The number of aromatic amines is 2. The van der Waals surface area contributed by atoms with Crippen LogP contribution in [0.1, 0.15) is 23.2 Å². The Hall–Kier alpha value is -3.69. The van der Waals surface area contributed by atoms with Crippen LogP contribution >= 0.6 is 0 Å². The maximum absolute atomic E-state index is 13.6. The fourth-order valence-electron chi connectivity index (χ4n) is 4.84. The Labute approximate surface area is 202 Å². The van der Waals surface area contributed by atoms with Crippen molar-refractivity contribution in [1.29, 1.82) is 0 Å². The van der Waals surface area contributed by atoms with Crippen LogP contribution < -0.4 is 11.3 Å². The van der Waals surface area contributed by atoms with Crippen LogP contribution in [0.3, 0.4) is 0 Å². The molecule has 0 atom stereocenters. The van der Waals surface area contributed by atoms with Crippen LogP contribution in [0, 0.1) is 0 Å². The normalized spacial score (nSPS) is 15.1. The van der Waals surface area contributed by atoms with Gasteiger partial charge in [-0.05, 0) is 63.3 Å². The van der Waals surface area contributed by atoms with Gasteiger partial charge in [0.05, 0.1) is 29.0 Å². The van der Waals surface area contributed by atoms with Crippen LogP contribution in [0.25, 0.3) is 33.3 Å². The van der Waals surface area contributed by atoms with E-state index in [-0.39, 0.29) is 23.2 Å². The van der Waals surface area contributed by atoms with Gasteiger partial charge in [-0.2, -0.15) is 0 Å². The van der Waals surface area contributed by atoms with Crippen LogP contribution in [0.15, 0.2) is 47.3 Å². The maximum Gasteiger partial charge on any atom is 0.276 e. The number of nitrogens with zero attached hydrogens (tertiary/aromatic N) is 3. The topological polar surface area (TPSA) is 120 Å². The van der Waals surface area contributed by atoms with Gasteiger partial charge in [0.25, 0.3) is 11.5 Å². The first kappa shape index (κ1) is 23.1. The van der Waals surface area contributed by atoms with Gasteiger partial charge in [-0.15, -0.1) is 0 Å². The molecule has 1 saturated heterocycles. The number of nitrogens with two attached hydrogens (primary N) is 1. The van der Waals surface area contributed by atoms with Crippen LogP contribution in [0.4, 0.5) is 5.69 Å². The van der Waals surface area contributed by atoms with Gasteiger partial charge in [0.1, 0.15) is 0 Å². The van der Waals surface area contributed by atoms with E-state index in [1.807, 2.05) is 29.2 Å². The number of nitrogens with one attached hydrogen (secondary N) is 2. The molecule has 0 unspecified atom stereocenters. The molecule has 5 rings (SSSR count). The van der Waals surface area contributed by atoms with Gasteiger partial charge in [0.2, 0.25) is 0 Å². The Morgan fingerprint density at radius 3 is 2.71 bits per heavy atom. The summed E-state index contributed by atoms with van der Waals surface area (Å²) in [6.07, 6.45) is 1.86. The van der Waals surface area contributed by atoms with Gasteiger partial charge in [-0.1, -0.05) is 12.1 Å². The SMILES string of the molecule is COCCN(C(=O)c1ccc2[nH]c(-c3nc4ccccc4[nH]c3=O)c(N)c2c1)C1CCN(C)CC1. The van der Waals surface area contributed by atoms with E-state index >= 15 is 0 Å². The molecule has 4 aromatic rings. The van der Waals surface area contributed by atoms with Crippen molar-refractivity contribution in [2.24, 2.45) is 0 Å².